The summed E-state index contributed by atoms with van der Waals surface area (Å²) in [4.78, 5) is 9.99. The van der Waals surface area contributed by atoms with Crippen LogP contribution in [0.3, 0.4) is 0 Å². The normalized spacial score (nSPS) is 12.2. The summed E-state index contributed by atoms with van der Waals surface area (Å²) in [6, 6.07) is 0. The van der Waals surface area contributed by atoms with Crippen LogP contribution in [0, 0.1) is 0 Å². The zero-order valence-corrected chi connectivity index (χ0v) is 7.07. The van der Waals surface area contributed by atoms with E-state index >= 15 is 0 Å². The zero-order chi connectivity index (χ0) is 9.23. The van der Waals surface area contributed by atoms with Crippen LogP contribution in [0.5, 0.6) is 0 Å². The lowest BCUT2D eigenvalue weighted by atomic mass is 10.3. The van der Waals surface area contributed by atoms with Gasteiger partial charge in [-0.1, -0.05) is 30.9 Å². The molecule has 0 aromatic heterocycles. The van der Waals surface area contributed by atoms with Gasteiger partial charge >= 0.3 is 0 Å². The lowest BCUT2D eigenvalue weighted by Gasteiger charge is -1.94. The van der Waals surface area contributed by atoms with Gasteiger partial charge in [0, 0.05) is 0 Å². The minimum absolute atomic E-state index is 0.392. The number of allylic oxidation sites excluding steroid dienone is 6. The highest BCUT2D eigenvalue weighted by Gasteiger charge is 1.86. The zero-order valence-electron chi connectivity index (χ0n) is 7.07. The molecule has 0 bridgehead atoms. The van der Waals surface area contributed by atoms with Gasteiger partial charge in [-0.05, 0) is 19.1 Å². The Morgan fingerprint density at radius 3 is 2.67 bits per heavy atom. The number of carbonyl (C=O) groups excluding carboxylic acids is 1. The van der Waals surface area contributed by atoms with Gasteiger partial charge in [-0.25, -0.2) is 0 Å². The monoisotopic (exact) mass is 164 g/mol. The van der Waals surface area contributed by atoms with Gasteiger partial charge in [0.15, 0.2) is 0 Å². The predicted molar refractivity (Wildman–Crippen MR) is 49.4 cm³/mol. The van der Waals surface area contributed by atoms with Crippen molar-refractivity contribution in [2.75, 3.05) is 0 Å². The number of hydrogen-bond donors (Lipinski definition) is 0. The summed E-state index contributed by atoms with van der Waals surface area (Å²) in [6.07, 6.45) is 10.3. The minimum atomic E-state index is 0.392. The Morgan fingerprint density at radius 2 is 2.17 bits per heavy atom. The molecule has 0 radical (unpaired) electrons. The van der Waals surface area contributed by atoms with Crippen molar-refractivity contribution in [2.45, 2.75) is 6.92 Å². The highest BCUT2D eigenvalue weighted by atomic mass is 16.5. The molecule has 2 heteroatoms. The Labute approximate surface area is 72.5 Å². The molecule has 0 aromatic rings. The van der Waals surface area contributed by atoms with Gasteiger partial charge < -0.3 is 4.74 Å². The van der Waals surface area contributed by atoms with Crippen molar-refractivity contribution in [3.8, 4) is 0 Å². The average Bonchev–Trinajstić information content (AvgIpc) is 2.10. The van der Waals surface area contributed by atoms with Crippen LogP contribution in [0.25, 0.3) is 0 Å². The van der Waals surface area contributed by atoms with E-state index in [9.17, 15) is 4.79 Å². The molecule has 0 N–H and O–H groups in total. The summed E-state index contributed by atoms with van der Waals surface area (Å²) in [5, 5.41) is 0. The fourth-order valence-corrected chi connectivity index (χ4v) is 0.544. The van der Waals surface area contributed by atoms with Crippen molar-refractivity contribution in [1.29, 1.82) is 0 Å². The molecule has 0 amide bonds. The van der Waals surface area contributed by atoms with Gasteiger partial charge in [0.2, 0.25) is 0 Å². The van der Waals surface area contributed by atoms with Gasteiger partial charge in [0.1, 0.15) is 5.76 Å². The predicted octanol–water partition coefficient (Wildman–Crippen LogP) is 2.36. The Hall–Kier alpha value is -1.57. The van der Waals surface area contributed by atoms with Crippen LogP contribution < -0.4 is 0 Å². The largest absolute Gasteiger partial charge is 0.429 e. The second-order valence-electron chi connectivity index (χ2n) is 1.90. The molecule has 0 aromatic carbocycles. The van der Waals surface area contributed by atoms with Crippen LogP contribution in [0.4, 0.5) is 0 Å². The lowest BCUT2D eigenvalue weighted by Crippen LogP contribution is -1.84. The van der Waals surface area contributed by atoms with Gasteiger partial charge in [-0.3, -0.25) is 4.79 Å². The van der Waals surface area contributed by atoms with Crippen molar-refractivity contribution >= 4 is 6.47 Å². The van der Waals surface area contributed by atoms with Gasteiger partial charge in [0.05, 0.1) is 0 Å². The summed E-state index contributed by atoms with van der Waals surface area (Å²) < 4.78 is 4.64. The average molecular weight is 164 g/mol. The maximum absolute atomic E-state index is 9.99. The summed E-state index contributed by atoms with van der Waals surface area (Å²) in [6.45, 7) is 5.77. The van der Waals surface area contributed by atoms with Crippen molar-refractivity contribution in [2.24, 2.45) is 0 Å². The Balaban J connectivity index is 4.29. The molecule has 0 saturated carbocycles. The molecular weight excluding hydrogens is 152 g/mol. The molecule has 0 atom stereocenters. The number of rotatable bonds is 5. The first kappa shape index (κ1) is 10.4. The SMILES string of the molecule is C=C\C=C/C(=C\C=C/C)OC=O. The van der Waals surface area contributed by atoms with E-state index in [1.807, 2.05) is 13.0 Å². The molecule has 0 spiro atoms. The van der Waals surface area contributed by atoms with Crippen molar-refractivity contribution in [3.63, 3.8) is 0 Å². The van der Waals surface area contributed by atoms with Crippen molar-refractivity contribution < 1.29 is 9.53 Å². The van der Waals surface area contributed by atoms with E-state index in [0.29, 0.717) is 12.2 Å². The van der Waals surface area contributed by atoms with Crippen molar-refractivity contribution in [3.05, 3.63) is 48.8 Å². The molecule has 0 rings (SSSR count). The van der Waals surface area contributed by atoms with Crippen LogP contribution in [-0.4, -0.2) is 6.47 Å². The molecule has 12 heavy (non-hydrogen) atoms. The Morgan fingerprint density at radius 1 is 1.42 bits per heavy atom. The van der Waals surface area contributed by atoms with Gasteiger partial charge in [0.25, 0.3) is 6.47 Å². The standard InChI is InChI=1S/C10H12O2/c1-3-5-7-10(12-9-11)8-6-4-2/h3-9H,1H2,2H3/b6-4-,7-5-,10-8+. The van der Waals surface area contributed by atoms with Crippen LogP contribution in [0.2, 0.25) is 0 Å². The van der Waals surface area contributed by atoms with Gasteiger partial charge in [-0.2, -0.15) is 0 Å². The third-order valence-electron chi connectivity index (χ3n) is 1.03. The second kappa shape index (κ2) is 7.54. The Bertz CT molecular complexity index is 222. The molecule has 64 valence electrons. The van der Waals surface area contributed by atoms with E-state index < -0.39 is 0 Å². The van der Waals surface area contributed by atoms with Gasteiger partial charge in [-0.15, -0.1) is 0 Å². The highest BCUT2D eigenvalue weighted by Crippen LogP contribution is 1.98. The fourth-order valence-electron chi connectivity index (χ4n) is 0.544. The topological polar surface area (TPSA) is 26.3 Å². The van der Waals surface area contributed by atoms with E-state index in [-0.39, 0.29) is 0 Å². The molecule has 2 nitrogen and oxygen atoms in total. The van der Waals surface area contributed by atoms with E-state index in [2.05, 4.69) is 11.3 Å². The first-order valence-electron chi connectivity index (χ1n) is 3.57. The quantitative estimate of drug-likeness (QED) is 0.354. The lowest BCUT2D eigenvalue weighted by molar-refractivity contribution is -0.124. The third-order valence-corrected chi connectivity index (χ3v) is 1.03. The summed E-state index contributed by atoms with van der Waals surface area (Å²) in [5.41, 5.74) is 0. The van der Waals surface area contributed by atoms with Crippen LogP contribution in [0.1, 0.15) is 6.92 Å². The summed E-state index contributed by atoms with van der Waals surface area (Å²) in [7, 11) is 0. The first-order chi connectivity index (χ1) is 5.85. The maximum Gasteiger partial charge on any atom is 0.298 e. The van der Waals surface area contributed by atoms with Crippen LogP contribution in [0.15, 0.2) is 48.8 Å². The number of carbonyl (C=O) groups is 1. The molecule has 0 aliphatic carbocycles. The van der Waals surface area contributed by atoms with E-state index in [1.54, 1.807) is 30.4 Å². The summed E-state index contributed by atoms with van der Waals surface area (Å²) >= 11 is 0. The minimum Gasteiger partial charge on any atom is -0.429 e. The van der Waals surface area contributed by atoms with E-state index in [0.717, 1.165) is 0 Å². The third kappa shape index (κ3) is 5.23. The Kier molecular flexibility index (Phi) is 6.55. The molecule has 0 saturated heterocycles. The summed E-state index contributed by atoms with van der Waals surface area (Å²) in [5.74, 6) is 0.489. The molecule has 0 aliphatic heterocycles. The van der Waals surface area contributed by atoms with E-state index in [4.69, 9.17) is 0 Å². The second-order valence-corrected chi connectivity index (χ2v) is 1.90. The fraction of sp³-hybridized carbons (Fsp3) is 0.100. The molecule has 0 heterocycles. The number of ether oxygens (including phenoxy) is 1. The number of hydrogen-bond acceptors (Lipinski definition) is 2. The van der Waals surface area contributed by atoms with E-state index in [1.165, 1.54) is 0 Å². The first-order valence-corrected chi connectivity index (χ1v) is 3.57. The van der Waals surface area contributed by atoms with Crippen LogP contribution >= 0.6 is 0 Å². The molecule has 0 aliphatic rings. The van der Waals surface area contributed by atoms with Crippen LogP contribution in [-0.2, 0) is 9.53 Å². The molecule has 0 fully saturated rings. The smallest absolute Gasteiger partial charge is 0.298 e. The van der Waals surface area contributed by atoms with Crippen molar-refractivity contribution in [1.82, 2.24) is 0 Å². The molecule has 0 unspecified atom stereocenters. The maximum atomic E-state index is 9.99. The highest BCUT2D eigenvalue weighted by molar-refractivity contribution is 5.42. The molecular formula is C10H12O2.